The minimum absolute atomic E-state index is 0.0819. The molecule has 2 atom stereocenters. The highest BCUT2D eigenvalue weighted by molar-refractivity contribution is 5.88. The molecule has 1 aromatic rings. The lowest BCUT2D eigenvalue weighted by molar-refractivity contribution is -0.166. The van der Waals surface area contributed by atoms with Crippen LogP contribution in [0, 0.1) is 0 Å². The number of hydrogen-bond donors (Lipinski definition) is 0. The highest BCUT2D eigenvalue weighted by atomic mass is 16.5. The molecule has 80 valence electrons. The summed E-state index contributed by atoms with van der Waals surface area (Å²) >= 11 is 0. The Morgan fingerprint density at radius 2 is 2.00 bits per heavy atom. The Labute approximate surface area is 89.7 Å². The maximum Gasteiger partial charge on any atom is 0.253 e. The Hall–Kier alpha value is -1.35. The van der Waals surface area contributed by atoms with Crippen LogP contribution < -0.4 is 0 Å². The van der Waals surface area contributed by atoms with Crippen LogP contribution in [-0.2, 0) is 16.0 Å². The van der Waals surface area contributed by atoms with Gasteiger partial charge in [-0.25, -0.2) is 0 Å². The van der Waals surface area contributed by atoms with E-state index in [0.717, 1.165) is 6.42 Å². The number of rotatable bonds is 3. The second-order valence-electron chi connectivity index (χ2n) is 3.86. The summed E-state index contributed by atoms with van der Waals surface area (Å²) in [6.45, 7) is 0. The zero-order valence-electron chi connectivity index (χ0n) is 9.01. The summed E-state index contributed by atoms with van der Waals surface area (Å²) in [6, 6.07) is 10.3. The molecule has 0 aliphatic carbocycles. The van der Waals surface area contributed by atoms with Crippen LogP contribution >= 0.6 is 0 Å². The fourth-order valence-corrected chi connectivity index (χ4v) is 2.01. The van der Waals surface area contributed by atoms with Crippen molar-refractivity contribution in [2.24, 2.45) is 0 Å². The lowest BCUT2D eigenvalue weighted by Gasteiger charge is -2.44. The van der Waals surface area contributed by atoms with E-state index in [1.165, 1.54) is 5.56 Å². The van der Waals surface area contributed by atoms with Gasteiger partial charge in [-0.05, 0) is 12.0 Å². The minimum atomic E-state index is -0.254. The van der Waals surface area contributed by atoms with Crippen LogP contribution in [0.25, 0.3) is 0 Å². The van der Waals surface area contributed by atoms with Crippen LogP contribution in [0.5, 0.6) is 0 Å². The van der Waals surface area contributed by atoms with E-state index in [0.29, 0.717) is 0 Å². The standard InChI is InChI=1S/C12H15NO2/c1-13-10(11(15-2)12(13)14)8-9-6-4-3-5-7-9/h3-7,10-11H,8H2,1-2H3/t10-,11+/m1/s1. The number of likely N-dealkylation sites (N-methyl/N-ethyl adjacent to an activating group) is 1. The number of nitrogens with zero attached hydrogens (tertiary/aromatic N) is 1. The number of likely N-dealkylation sites (tertiary alicyclic amines) is 1. The zero-order chi connectivity index (χ0) is 10.8. The third kappa shape index (κ3) is 1.75. The zero-order valence-corrected chi connectivity index (χ0v) is 9.01. The van der Waals surface area contributed by atoms with Gasteiger partial charge in [0.2, 0.25) is 0 Å². The van der Waals surface area contributed by atoms with Gasteiger partial charge >= 0.3 is 0 Å². The lowest BCUT2D eigenvalue weighted by Crippen LogP contribution is -2.64. The molecule has 0 spiro atoms. The van der Waals surface area contributed by atoms with E-state index in [9.17, 15) is 4.79 Å². The predicted octanol–water partition coefficient (Wildman–Crippen LogP) is 1.08. The SMILES string of the molecule is CO[C@@H]1C(=O)N(C)[C@@H]1Cc1ccccc1. The molecule has 0 aromatic heterocycles. The van der Waals surface area contributed by atoms with E-state index in [1.807, 2.05) is 25.2 Å². The van der Waals surface area contributed by atoms with E-state index in [-0.39, 0.29) is 18.1 Å². The Morgan fingerprint density at radius 1 is 1.33 bits per heavy atom. The molecule has 15 heavy (non-hydrogen) atoms. The Bertz CT molecular complexity index is 350. The highest BCUT2D eigenvalue weighted by Gasteiger charge is 2.44. The molecule has 2 rings (SSSR count). The third-order valence-electron chi connectivity index (χ3n) is 2.98. The van der Waals surface area contributed by atoms with Gasteiger partial charge in [0.05, 0.1) is 6.04 Å². The number of amides is 1. The quantitative estimate of drug-likeness (QED) is 0.691. The minimum Gasteiger partial charge on any atom is -0.369 e. The van der Waals surface area contributed by atoms with Crippen molar-refractivity contribution >= 4 is 5.91 Å². The van der Waals surface area contributed by atoms with Crippen LogP contribution in [0.1, 0.15) is 5.56 Å². The Balaban J connectivity index is 2.04. The first-order valence-electron chi connectivity index (χ1n) is 5.07. The first-order chi connectivity index (χ1) is 7.24. The van der Waals surface area contributed by atoms with Gasteiger partial charge in [-0.15, -0.1) is 0 Å². The van der Waals surface area contributed by atoms with E-state index >= 15 is 0 Å². The molecule has 0 N–H and O–H groups in total. The highest BCUT2D eigenvalue weighted by Crippen LogP contribution is 2.23. The lowest BCUT2D eigenvalue weighted by atomic mass is 9.92. The summed E-state index contributed by atoms with van der Waals surface area (Å²) in [4.78, 5) is 13.1. The van der Waals surface area contributed by atoms with Crippen molar-refractivity contribution in [3.8, 4) is 0 Å². The van der Waals surface area contributed by atoms with Crippen LogP contribution in [0.3, 0.4) is 0 Å². The van der Waals surface area contributed by atoms with Crippen LogP contribution in [0.4, 0.5) is 0 Å². The summed E-state index contributed by atoms with van der Waals surface area (Å²) in [6.07, 6.45) is 0.608. The van der Waals surface area contributed by atoms with Crippen LogP contribution in [0.15, 0.2) is 30.3 Å². The fraction of sp³-hybridized carbons (Fsp3) is 0.417. The summed E-state index contributed by atoms with van der Waals surface area (Å²) in [5.41, 5.74) is 1.24. The number of carbonyl (C=O) groups is 1. The van der Waals surface area contributed by atoms with Crippen molar-refractivity contribution in [2.75, 3.05) is 14.2 Å². The summed E-state index contributed by atoms with van der Waals surface area (Å²) in [5.74, 6) is 0.0819. The van der Waals surface area contributed by atoms with Crippen molar-refractivity contribution in [1.82, 2.24) is 4.90 Å². The summed E-state index contributed by atoms with van der Waals surface area (Å²) in [7, 11) is 3.42. The van der Waals surface area contributed by atoms with Gasteiger partial charge in [0.1, 0.15) is 0 Å². The molecule has 0 unspecified atom stereocenters. The molecule has 0 saturated carbocycles. The number of methoxy groups -OCH3 is 1. The largest absolute Gasteiger partial charge is 0.369 e. The van der Waals surface area contributed by atoms with Gasteiger partial charge in [0.15, 0.2) is 6.10 Å². The van der Waals surface area contributed by atoms with Gasteiger partial charge in [-0.2, -0.15) is 0 Å². The van der Waals surface area contributed by atoms with Gasteiger partial charge < -0.3 is 9.64 Å². The summed E-state index contributed by atoms with van der Waals surface area (Å²) < 4.78 is 5.16. The molecule has 1 heterocycles. The van der Waals surface area contributed by atoms with Crippen LogP contribution in [-0.4, -0.2) is 37.1 Å². The second-order valence-corrected chi connectivity index (χ2v) is 3.86. The van der Waals surface area contributed by atoms with E-state index in [4.69, 9.17) is 4.74 Å². The molecule has 1 aliphatic heterocycles. The number of ether oxygens (including phenoxy) is 1. The maximum absolute atomic E-state index is 11.4. The molecular weight excluding hydrogens is 190 g/mol. The topological polar surface area (TPSA) is 29.5 Å². The van der Waals surface area contributed by atoms with Crippen molar-refractivity contribution in [2.45, 2.75) is 18.6 Å². The monoisotopic (exact) mass is 205 g/mol. The molecule has 3 nitrogen and oxygen atoms in total. The van der Waals surface area contributed by atoms with Crippen molar-refractivity contribution in [3.05, 3.63) is 35.9 Å². The molecule has 3 heteroatoms. The number of carbonyl (C=O) groups excluding carboxylic acids is 1. The van der Waals surface area contributed by atoms with E-state index in [1.54, 1.807) is 12.0 Å². The van der Waals surface area contributed by atoms with Gasteiger partial charge in [-0.1, -0.05) is 30.3 Å². The first-order valence-corrected chi connectivity index (χ1v) is 5.07. The molecule has 1 aliphatic rings. The third-order valence-corrected chi connectivity index (χ3v) is 2.98. The van der Waals surface area contributed by atoms with Crippen LogP contribution in [0.2, 0.25) is 0 Å². The fourth-order valence-electron chi connectivity index (χ4n) is 2.01. The molecular formula is C12H15NO2. The Morgan fingerprint density at radius 3 is 2.60 bits per heavy atom. The van der Waals surface area contributed by atoms with Gasteiger partial charge in [0.25, 0.3) is 5.91 Å². The second kappa shape index (κ2) is 4.03. The number of β-lactam (4-membered cyclic amide) rings is 1. The molecule has 0 radical (unpaired) electrons. The predicted molar refractivity (Wildman–Crippen MR) is 57.5 cm³/mol. The molecule has 1 aromatic carbocycles. The molecule has 1 fully saturated rings. The first kappa shape index (κ1) is 10.2. The van der Waals surface area contributed by atoms with E-state index < -0.39 is 0 Å². The average molecular weight is 205 g/mol. The van der Waals surface area contributed by atoms with Gasteiger partial charge in [-0.3, -0.25) is 4.79 Å². The van der Waals surface area contributed by atoms with Crippen molar-refractivity contribution in [3.63, 3.8) is 0 Å². The Kier molecular flexibility index (Phi) is 2.73. The number of hydrogen-bond acceptors (Lipinski definition) is 2. The summed E-state index contributed by atoms with van der Waals surface area (Å²) in [5, 5.41) is 0. The molecule has 1 saturated heterocycles. The maximum atomic E-state index is 11.4. The van der Waals surface area contributed by atoms with Gasteiger partial charge in [0, 0.05) is 14.2 Å². The normalized spacial score (nSPS) is 25.2. The van der Waals surface area contributed by atoms with Crippen molar-refractivity contribution < 1.29 is 9.53 Å². The van der Waals surface area contributed by atoms with Crippen molar-refractivity contribution in [1.29, 1.82) is 0 Å². The average Bonchev–Trinajstić information content (AvgIpc) is 2.29. The molecule has 1 amide bonds. The number of benzene rings is 1. The molecule has 0 bridgehead atoms. The smallest absolute Gasteiger partial charge is 0.253 e. The van der Waals surface area contributed by atoms with E-state index in [2.05, 4.69) is 12.1 Å².